The van der Waals surface area contributed by atoms with Crippen LogP contribution in [0.3, 0.4) is 0 Å². The first-order valence-electron chi connectivity index (χ1n) is 4.99. The Morgan fingerprint density at radius 2 is 2.05 bits per heavy atom. The molecule has 19 heavy (non-hydrogen) atoms. The number of benzene rings is 1. The minimum Gasteiger partial charge on any atom is -0.478 e. The molecule has 1 aromatic carbocycles. The van der Waals surface area contributed by atoms with Crippen molar-refractivity contribution in [3.05, 3.63) is 52.1 Å². The highest BCUT2D eigenvalue weighted by Gasteiger charge is 2.12. The highest BCUT2D eigenvalue weighted by atomic mass is 79.9. The molecule has 98 valence electrons. The second kappa shape index (κ2) is 5.31. The first kappa shape index (κ1) is 13.4. The second-order valence-corrected chi connectivity index (χ2v) is 4.35. The van der Waals surface area contributed by atoms with E-state index in [1.54, 1.807) is 0 Å². The maximum atomic E-state index is 13.4. The van der Waals surface area contributed by atoms with E-state index >= 15 is 0 Å². The Bertz CT molecular complexity index is 649. The van der Waals surface area contributed by atoms with Crippen LogP contribution in [-0.4, -0.2) is 16.1 Å². The third-order valence-corrected chi connectivity index (χ3v) is 2.81. The van der Waals surface area contributed by atoms with Crippen LogP contribution in [-0.2, 0) is 0 Å². The average Bonchev–Trinajstić information content (AvgIpc) is 2.34. The number of carboxylic acid groups (broad SMARTS) is 1. The number of halogens is 3. The number of aromatic nitrogens is 1. The lowest BCUT2D eigenvalue weighted by atomic mass is 10.2. The number of hydrogen-bond donors (Lipinski definition) is 1. The fourth-order valence-electron chi connectivity index (χ4n) is 1.30. The van der Waals surface area contributed by atoms with Crippen LogP contribution < -0.4 is 4.74 Å². The molecule has 0 aliphatic carbocycles. The third kappa shape index (κ3) is 3.05. The molecule has 0 saturated heterocycles. The molecule has 1 heterocycles. The standard InChI is InChI=1S/C12H6BrF2NO3/c13-8-2-1-6(12(17)18)3-10(8)19-11-9(15)4-7(14)5-16-11/h1-5H,(H,17,18). The smallest absolute Gasteiger partial charge is 0.335 e. The lowest BCUT2D eigenvalue weighted by molar-refractivity contribution is 0.0696. The summed E-state index contributed by atoms with van der Waals surface area (Å²) in [5, 5.41) is 8.85. The molecule has 2 rings (SSSR count). The topological polar surface area (TPSA) is 59.4 Å². The molecule has 0 aliphatic heterocycles. The van der Waals surface area contributed by atoms with Crippen molar-refractivity contribution in [3.8, 4) is 11.6 Å². The summed E-state index contributed by atoms with van der Waals surface area (Å²) < 4.78 is 31.6. The van der Waals surface area contributed by atoms with Crippen LogP contribution in [0.25, 0.3) is 0 Å². The molecular weight excluding hydrogens is 324 g/mol. The summed E-state index contributed by atoms with van der Waals surface area (Å²) in [4.78, 5) is 14.3. The molecule has 0 bridgehead atoms. The first-order chi connectivity index (χ1) is 8.97. The molecule has 2 aromatic rings. The fourth-order valence-corrected chi connectivity index (χ4v) is 1.62. The number of ether oxygens (including phenoxy) is 1. The van der Waals surface area contributed by atoms with Gasteiger partial charge in [-0.05, 0) is 34.1 Å². The minimum absolute atomic E-state index is 0.0271. The summed E-state index contributed by atoms with van der Waals surface area (Å²) in [6.07, 6.45) is 0.799. The summed E-state index contributed by atoms with van der Waals surface area (Å²) >= 11 is 3.13. The Morgan fingerprint density at radius 3 is 2.68 bits per heavy atom. The Morgan fingerprint density at radius 1 is 1.32 bits per heavy atom. The minimum atomic E-state index is -1.15. The van der Waals surface area contributed by atoms with E-state index in [4.69, 9.17) is 9.84 Å². The average molecular weight is 330 g/mol. The molecule has 0 saturated carbocycles. The van der Waals surface area contributed by atoms with E-state index in [2.05, 4.69) is 20.9 Å². The maximum Gasteiger partial charge on any atom is 0.335 e. The highest BCUT2D eigenvalue weighted by Crippen LogP contribution is 2.31. The molecule has 4 nitrogen and oxygen atoms in total. The van der Waals surface area contributed by atoms with Gasteiger partial charge < -0.3 is 9.84 Å². The van der Waals surface area contributed by atoms with E-state index in [1.165, 1.54) is 18.2 Å². The number of rotatable bonds is 3. The summed E-state index contributed by atoms with van der Waals surface area (Å²) in [6.45, 7) is 0. The van der Waals surface area contributed by atoms with E-state index in [0.29, 0.717) is 10.5 Å². The third-order valence-electron chi connectivity index (χ3n) is 2.16. The van der Waals surface area contributed by atoms with Crippen LogP contribution in [0.15, 0.2) is 34.9 Å². The summed E-state index contributed by atoms with van der Waals surface area (Å²) in [7, 11) is 0. The van der Waals surface area contributed by atoms with Crippen LogP contribution in [0.4, 0.5) is 8.78 Å². The van der Waals surface area contributed by atoms with Crippen LogP contribution >= 0.6 is 15.9 Å². The number of hydrogen-bond acceptors (Lipinski definition) is 3. The molecule has 0 radical (unpaired) electrons. The van der Waals surface area contributed by atoms with Gasteiger partial charge in [-0.1, -0.05) is 0 Å². The van der Waals surface area contributed by atoms with Gasteiger partial charge in [0.05, 0.1) is 16.2 Å². The van der Waals surface area contributed by atoms with Crippen molar-refractivity contribution < 1.29 is 23.4 Å². The van der Waals surface area contributed by atoms with Crippen molar-refractivity contribution in [1.29, 1.82) is 0 Å². The van der Waals surface area contributed by atoms with Gasteiger partial charge in [-0.25, -0.2) is 18.6 Å². The molecule has 0 amide bonds. The number of carboxylic acids is 1. The molecule has 1 aromatic heterocycles. The molecule has 1 N–H and O–H groups in total. The first-order valence-corrected chi connectivity index (χ1v) is 5.78. The van der Waals surface area contributed by atoms with Crippen LogP contribution in [0, 0.1) is 11.6 Å². The second-order valence-electron chi connectivity index (χ2n) is 3.49. The van der Waals surface area contributed by atoms with E-state index in [1.807, 2.05) is 0 Å². The Labute approximate surface area is 114 Å². The zero-order chi connectivity index (χ0) is 14.0. The summed E-state index contributed by atoms with van der Waals surface area (Å²) in [5.74, 6) is -3.33. The zero-order valence-corrected chi connectivity index (χ0v) is 10.8. The Kier molecular flexibility index (Phi) is 3.75. The number of aromatic carboxylic acids is 1. The highest BCUT2D eigenvalue weighted by molar-refractivity contribution is 9.10. The van der Waals surface area contributed by atoms with Crippen molar-refractivity contribution >= 4 is 21.9 Å². The van der Waals surface area contributed by atoms with Gasteiger partial charge in [0.15, 0.2) is 5.82 Å². The van der Waals surface area contributed by atoms with Gasteiger partial charge in [0.25, 0.3) is 5.88 Å². The fraction of sp³-hybridized carbons (Fsp3) is 0. The molecule has 7 heteroatoms. The van der Waals surface area contributed by atoms with Gasteiger partial charge in [-0.2, -0.15) is 0 Å². The lowest BCUT2D eigenvalue weighted by Gasteiger charge is -2.08. The number of nitrogens with zero attached hydrogens (tertiary/aromatic N) is 1. The lowest BCUT2D eigenvalue weighted by Crippen LogP contribution is -1.98. The van der Waals surface area contributed by atoms with E-state index in [0.717, 1.165) is 6.20 Å². The van der Waals surface area contributed by atoms with Crippen molar-refractivity contribution in [3.63, 3.8) is 0 Å². The monoisotopic (exact) mass is 329 g/mol. The summed E-state index contributed by atoms with van der Waals surface area (Å²) in [6, 6.07) is 4.63. The van der Waals surface area contributed by atoms with Gasteiger partial charge in [0.1, 0.15) is 11.6 Å². The van der Waals surface area contributed by atoms with Crippen LogP contribution in [0.1, 0.15) is 10.4 Å². The molecule has 0 aliphatic rings. The molecule has 0 spiro atoms. The van der Waals surface area contributed by atoms with Crippen LogP contribution in [0.5, 0.6) is 11.6 Å². The largest absolute Gasteiger partial charge is 0.478 e. The van der Waals surface area contributed by atoms with Crippen LogP contribution in [0.2, 0.25) is 0 Å². The van der Waals surface area contributed by atoms with Gasteiger partial charge in [0, 0.05) is 6.07 Å². The Hall–Kier alpha value is -2.02. The molecule has 0 atom stereocenters. The van der Waals surface area contributed by atoms with Crippen molar-refractivity contribution in [1.82, 2.24) is 4.98 Å². The van der Waals surface area contributed by atoms with Gasteiger partial charge in [0.2, 0.25) is 0 Å². The maximum absolute atomic E-state index is 13.4. The van der Waals surface area contributed by atoms with Gasteiger partial charge >= 0.3 is 5.97 Å². The normalized spacial score (nSPS) is 10.3. The zero-order valence-electron chi connectivity index (χ0n) is 9.23. The predicted molar refractivity (Wildman–Crippen MR) is 65.3 cm³/mol. The SMILES string of the molecule is O=C(O)c1ccc(Br)c(Oc2ncc(F)cc2F)c1. The quantitative estimate of drug-likeness (QED) is 0.934. The molecule has 0 unspecified atom stereocenters. The van der Waals surface area contributed by atoms with E-state index in [-0.39, 0.29) is 11.3 Å². The number of carbonyl (C=O) groups is 1. The van der Waals surface area contributed by atoms with E-state index in [9.17, 15) is 13.6 Å². The molecule has 0 fully saturated rings. The predicted octanol–water partition coefficient (Wildman–Crippen LogP) is 3.61. The Balaban J connectivity index is 2.37. The summed E-state index contributed by atoms with van der Waals surface area (Å²) in [5.41, 5.74) is -0.0271. The van der Waals surface area contributed by atoms with Crippen molar-refractivity contribution in [2.45, 2.75) is 0 Å². The van der Waals surface area contributed by atoms with Gasteiger partial charge in [-0.15, -0.1) is 0 Å². The molecular formula is C12H6BrF2NO3. The van der Waals surface area contributed by atoms with Crippen molar-refractivity contribution in [2.75, 3.05) is 0 Å². The van der Waals surface area contributed by atoms with E-state index < -0.39 is 23.5 Å². The van der Waals surface area contributed by atoms with Crippen molar-refractivity contribution in [2.24, 2.45) is 0 Å². The van der Waals surface area contributed by atoms with Gasteiger partial charge in [-0.3, -0.25) is 0 Å². The number of pyridine rings is 1.